The number of H-pyrrole nitrogens is 1. The third kappa shape index (κ3) is 2.67. The molecule has 0 bridgehead atoms. The van der Waals surface area contributed by atoms with Crippen LogP contribution >= 0.6 is 0 Å². The summed E-state index contributed by atoms with van der Waals surface area (Å²) >= 11 is 0. The lowest BCUT2D eigenvalue weighted by Gasteiger charge is -2.09. The number of hydrogen-bond acceptors (Lipinski definition) is 5. The Labute approximate surface area is 110 Å². The van der Waals surface area contributed by atoms with E-state index in [1.54, 1.807) is 18.2 Å². The van der Waals surface area contributed by atoms with Gasteiger partial charge in [0, 0.05) is 6.20 Å². The Bertz CT molecular complexity index is 649. The van der Waals surface area contributed by atoms with Crippen LogP contribution in [-0.2, 0) is 9.84 Å². The SMILES string of the molecule is C[C@H](O)C(O)c1c[nH]c(S(=O)(=O)c2ccccc2)n1. The van der Waals surface area contributed by atoms with Gasteiger partial charge in [0.1, 0.15) is 6.10 Å². The molecule has 0 fully saturated rings. The zero-order valence-electron chi connectivity index (χ0n) is 10.2. The highest BCUT2D eigenvalue weighted by Gasteiger charge is 2.24. The maximum atomic E-state index is 12.2. The van der Waals surface area contributed by atoms with Crippen molar-refractivity contribution in [3.05, 3.63) is 42.2 Å². The lowest BCUT2D eigenvalue weighted by molar-refractivity contribution is 0.0279. The molecule has 102 valence electrons. The van der Waals surface area contributed by atoms with Gasteiger partial charge in [-0.05, 0) is 19.1 Å². The van der Waals surface area contributed by atoms with Gasteiger partial charge >= 0.3 is 0 Å². The summed E-state index contributed by atoms with van der Waals surface area (Å²) in [6, 6.07) is 7.86. The molecule has 2 aromatic rings. The Morgan fingerprint density at radius 3 is 2.42 bits per heavy atom. The lowest BCUT2D eigenvalue weighted by Crippen LogP contribution is -2.14. The van der Waals surface area contributed by atoms with Gasteiger partial charge in [-0.1, -0.05) is 18.2 Å². The molecule has 0 amide bonds. The van der Waals surface area contributed by atoms with E-state index in [1.807, 2.05) is 0 Å². The van der Waals surface area contributed by atoms with Gasteiger partial charge in [0.05, 0.1) is 16.7 Å². The maximum Gasteiger partial charge on any atom is 0.239 e. The Morgan fingerprint density at radius 2 is 1.84 bits per heavy atom. The number of aliphatic hydroxyl groups excluding tert-OH is 2. The second-order valence-corrected chi connectivity index (χ2v) is 6.00. The summed E-state index contributed by atoms with van der Waals surface area (Å²) in [6.07, 6.45) is -0.987. The van der Waals surface area contributed by atoms with Crippen LogP contribution in [0.25, 0.3) is 0 Å². The lowest BCUT2D eigenvalue weighted by atomic mass is 10.2. The predicted molar refractivity (Wildman–Crippen MR) is 67.1 cm³/mol. The van der Waals surface area contributed by atoms with Crippen molar-refractivity contribution in [1.82, 2.24) is 9.97 Å². The number of benzene rings is 1. The molecule has 1 unspecified atom stereocenters. The van der Waals surface area contributed by atoms with E-state index < -0.39 is 22.0 Å². The van der Waals surface area contributed by atoms with Crippen LogP contribution in [0.3, 0.4) is 0 Å². The number of aromatic amines is 1. The summed E-state index contributed by atoms with van der Waals surface area (Å²) in [6.45, 7) is 1.39. The molecule has 0 saturated heterocycles. The second-order valence-electron chi connectivity index (χ2n) is 4.13. The zero-order chi connectivity index (χ0) is 14.0. The van der Waals surface area contributed by atoms with Gasteiger partial charge in [-0.25, -0.2) is 13.4 Å². The topological polar surface area (TPSA) is 103 Å². The van der Waals surface area contributed by atoms with Crippen LogP contribution in [0.4, 0.5) is 0 Å². The minimum atomic E-state index is -3.74. The van der Waals surface area contributed by atoms with Crippen molar-refractivity contribution in [3.8, 4) is 0 Å². The fourth-order valence-electron chi connectivity index (χ4n) is 1.57. The first-order valence-corrected chi connectivity index (χ1v) is 7.13. The number of aliphatic hydroxyl groups is 2. The predicted octanol–water partition coefficient (Wildman–Crippen LogP) is 0.657. The fraction of sp³-hybridized carbons (Fsp3) is 0.250. The number of imidazole rings is 1. The molecule has 0 radical (unpaired) electrons. The van der Waals surface area contributed by atoms with E-state index >= 15 is 0 Å². The van der Waals surface area contributed by atoms with E-state index in [4.69, 9.17) is 0 Å². The number of rotatable bonds is 4. The molecule has 0 aliphatic heterocycles. The molecule has 7 heteroatoms. The highest BCUT2D eigenvalue weighted by Crippen LogP contribution is 2.20. The van der Waals surface area contributed by atoms with E-state index in [-0.39, 0.29) is 15.7 Å². The van der Waals surface area contributed by atoms with Crippen molar-refractivity contribution < 1.29 is 18.6 Å². The fourth-order valence-corrected chi connectivity index (χ4v) is 2.74. The quantitative estimate of drug-likeness (QED) is 0.764. The van der Waals surface area contributed by atoms with Crippen molar-refractivity contribution in [2.24, 2.45) is 0 Å². The summed E-state index contributed by atoms with van der Waals surface area (Å²) in [5.41, 5.74) is 0.0875. The van der Waals surface area contributed by atoms with Gasteiger partial charge in [0.2, 0.25) is 15.0 Å². The molecular weight excluding hydrogens is 268 g/mol. The van der Waals surface area contributed by atoms with Crippen molar-refractivity contribution >= 4 is 9.84 Å². The van der Waals surface area contributed by atoms with Gasteiger partial charge in [0.15, 0.2) is 0 Å². The van der Waals surface area contributed by atoms with E-state index in [2.05, 4.69) is 9.97 Å². The van der Waals surface area contributed by atoms with Crippen LogP contribution < -0.4 is 0 Å². The maximum absolute atomic E-state index is 12.2. The molecular formula is C12H14N2O4S. The summed E-state index contributed by atoms with van der Waals surface area (Å²) < 4.78 is 24.4. The average molecular weight is 282 g/mol. The summed E-state index contributed by atoms with van der Waals surface area (Å²) in [5.74, 6) is 0. The van der Waals surface area contributed by atoms with Gasteiger partial charge in [-0.3, -0.25) is 0 Å². The summed E-state index contributed by atoms with van der Waals surface area (Å²) in [4.78, 5) is 6.45. The van der Waals surface area contributed by atoms with E-state index in [1.165, 1.54) is 25.3 Å². The number of nitrogens with zero attached hydrogens (tertiary/aromatic N) is 1. The monoisotopic (exact) mass is 282 g/mol. The van der Waals surface area contributed by atoms with Gasteiger partial charge < -0.3 is 15.2 Å². The number of hydrogen-bond donors (Lipinski definition) is 3. The Balaban J connectivity index is 2.38. The molecule has 19 heavy (non-hydrogen) atoms. The van der Waals surface area contributed by atoms with Gasteiger partial charge in [-0.2, -0.15) is 0 Å². The second kappa shape index (κ2) is 5.12. The van der Waals surface area contributed by atoms with E-state index in [0.29, 0.717) is 0 Å². The molecule has 2 rings (SSSR count). The van der Waals surface area contributed by atoms with E-state index in [9.17, 15) is 18.6 Å². The molecule has 1 heterocycles. The summed E-state index contributed by atoms with van der Waals surface area (Å²) in [5, 5.41) is 18.6. The van der Waals surface area contributed by atoms with Crippen molar-refractivity contribution in [2.45, 2.75) is 29.2 Å². The third-order valence-corrected chi connectivity index (χ3v) is 4.25. The smallest absolute Gasteiger partial charge is 0.239 e. The van der Waals surface area contributed by atoms with Crippen molar-refractivity contribution in [3.63, 3.8) is 0 Å². The Kier molecular flexibility index (Phi) is 3.70. The molecule has 0 saturated carbocycles. The number of aromatic nitrogens is 2. The molecule has 0 aliphatic carbocycles. The average Bonchev–Trinajstić information content (AvgIpc) is 2.89. The summed E-state index contributed by atoms with van der Waals surface area (Å²) in [7, 11) is -3.74. The Morgan fingerprint density at radius 1 is 1.21 bits per heavy atom. The highest BCUT2D eigenvalue weighted by molar-refractivity contribution is 7.91. The van der Waals surface area contributed by atoms with Crippen molar-refractivity contribution in [1.29, 1.82) is 0 Å². The van der Waals surface area contributed by atoms with Crippen LogP contribution in [0.15, 0.2) is 46.6 Å². The molecule has 0 spiro atoms. The minimum Gasteiger partial charge on any atom is -0.390 e. The highest BCUT2D eigenvalue weighted by atomic mass is 32.2. The van der Waals surface area contributed by atoms with Crippen molar-refractivity contribution in [2.75, 3.05) is 0 Å². The van der Waals surface area contributed by atoms with Gasteiger partial charge in [-0.15, -0.1) is 0 Å². The first-order valence-electron chi connectivity index (χ1n) is 5.64. The number of sulfone groups is 1. The molecule has 1 aromatic heterocycles. The van der Waals surface area contributed by atoms with Crippen LogP contribution in [0.5, 0.6) is 0 Å². The molecule has 6 nitrogen and oxygen atoms in total. The molecule has 1 aromatic carbocycles. The van der Waals surface area contributed by atoms with Crippen LogP contribution in [0, 0.1) is 0 Å². The van der Waals surface area contributed by atoms with Crippen LogP contribution in [0.1, 0.15) is 18.7 Å². The molecule has 2 atom stereocenters. The minimum absolute atomic E-state index is 0.0875. The van der Waals surface area contributed by atoms with Crippen LogP contribution in [-0.4, -0.2) is 34.7 Å². The number of nitrogens with one attached hydrogen (secondary N) is 1. The van der Waals surface area contributed by atoms with Crippen LogP contribution in [0.2, 0.25) is 0 Å². The largest absolute Gasteiger partial charge is 0.390 e. The Hall–Kier alpha value is -1.70. The zero-order valence-corrected chi connectivity index (χ0v) is 11.0. The third-order valence-electron chi connectivity index (χ3n) is 2.64. The van der Waals surface area contributed by atoms with E-state index in [0.717, 1.165) is 0 Å². The van der Waals surface area contributed by atoms with Gasteiger partial charge in [0.25, 0.3) is 0 Å². The first kappa shape index (κ1) is 13.7. The molecule has 3 N–H and O–H groups in total. The standard InChI is InChI=1S/C12H14N2O4S/c1-8(15)11(16)10-7-13-12(14-10)19(17,18)9-5-3-2-4-6-9/h2-8,11,15-16H,1H3,(H,13,14)/t8-,11?/m0/s1. The normalized spacial score (nSPS) is 15.1. The molecule has 0 aliphatic rings. The first-order chi connectivity index (χ1) is 8.93.